The first-order valence-corrected chi connectivity index (χ1v) is 7.59. The van der Waals surface area contributed by atoms with Gasteiger partial charge in [0.1, 0.15) is 5.82 Å². The number of carbonyl (C=O) groups excluding carboxylic acids is 1. The Bertz CT molecular complexity index is 461. The smallest absolute Gasteiger partial charge is 0.225 e. The number of rotatable bonds is 5. The number of anilines is 1. The van der Waals surface area contributed by atoms with Crippen molar-refractivity contribution in [2.75, 3.05) is 18.4 Å². The molecule has 1 aromatic rings. The molecule has 0 bridgehead atoms. The maximum Gasteiger partial charge on any atom is 0.225 e. The second-order valence-electron chi connectivity index (χ2n) is 5.68. The molecule has 4 nitrogen and oxygen atoms in total. The van der Waals surface area contributed by atoms with E-state index in [9.17, 15) is 4.79 Å². The van der Waals surface area contributed by atoms with Gasteiger partial charge in [0, 0.05) is 30.7 Å². The molecule has 1 N–H and O–H groups in total. The van der Waals surface area contributed by atoms with Gasteiger partial charge in [-0.2, -0.15) is 0 Å². The molecule has 2 atom stereocenters. The maximum absolute atomic E-state index is 12.3. The quantitative estimate of drug-likeness (QED) is 0.898. The molecule has 0 aromatic carbocycles. The van der Waals surface area contributed by atoms with Crippen LogP contribution in [0, 0.1) is 12.8 Å². The maximum atomic E-state index is 12.3. The van der Waals surface area contributed by atoms with Crippen LogP contribution < -0.4 is 5.32 Å². The third-order valence-corrected chi connectivity index (χ3v) is 4.10. The molecule has 0 saturated carbocycles. The average molecular weight is 275 g/mol. The van der Waals surface area contributed by atoms with E-state index >= 15 is 0 Å². The first kappa shape index (κ1) is 14.8. The molecule has 20 heavy (non-hydrogen) atoms. The Morgan fingerprint density at radius 3 is 3.05 bits per heavy atom. The molecule has 4 heteroatoms. The van der Waals surface area contributed by atoms with Gasteiger partial charge in [-0.1, -0.05) is 19.9 Å². The van der Waals surface area contributed by atoms with Crippen LogP contribution in [0.4, 0.5) is 5.82 Å². The summed E-state index contributed by atoms with van der Waals surface area (Å²) in [6.07, 6.45) is 3.10. The predicted octanol–water partition coefficient (Wildman–Crippen LogP) is 2.84. The molecular weight excluding hydrogens is 250 g/mol. The van der Waals surface area contributed by atoms with Gasteiger partial charge in [-0.25, -0.2) is 4.98 Å². The summed E-state index contributed by atoms with van der Waals surface area (Å²) in [6.45, 7) is 7.77. The molecule has 0 unspecified atom stereocenters. The Kier molecular flexibility index (Phi) is 4.99. The number of amides is 1. The fraction of sp³-hybridized carbons (Fsp3) is 0.625. The predicted molar refractivity (Wildman–Crippen MR) is 81.7 cm³/mol. The molecule has 1 aromatic heterocycles. The molecular formula is C16H25N3O. The molecule has 0 spiro atoms. The minimum absolute atomic E-state index is 0.132. The van der Waals surface area contributed by atoms with Crippen molar-refractivity contribution in [2.24, 2.45) is 5.92 Å². The average Bonchev–Trinajstić information content (AvgIpc) is 2.92. The van der Waals surface area contributed by atoms with Crippen LogP contribution in [0.15, 0.2) is 18.2 Å². The van der Waals surface area contributed by atoms with E-state index in [1.54, 1.807) is 0 Å². The number of nitrogens with one attached hydrogen (secondary N) is 1. The number of hydrogen-bond acceptors (Lipinski definition) is 3. The van der Waals surface area contributed by atoms with Crippen LogP contribution in [0.1, 0.15) is 38.8 Å². The summed E-state index contributed by atoms with van der Waals surface area (Å²) in [5, 5.41) is 3.36. The minimum Gasteiger partial charge on any atom is -0.368 e. The van der Waals surface area contributed by atoms with E-state index in [2.05, 4.69) is 22.1 Å². The zero-order valence-corrected chi connectivity index (χ0v) is 12.7. The van der Waals surface area contributed by atoms with Crippen molar-refractivity contribution in [1.82, 2.24) is 9.88 Å². The van der Waals surface area contributed by atoms with Gasteiger partial charge in [0.2, 0.25) is 5.91 Å². The zero-order valence-electron chi connectivity index (χ0n) is 12.7. The summed E-state index contributed by atoms with van der Waals surface area (Å²) in [7, 11) is 0. The highest BCUT2D eigenvalue weighted by Gasteiger charge is 2.30. The Morgan fingerprint density at radius 2 is 2.35 bits per heavy atom. The lowest BCUT2D eigenvalue weighted by Crippen LogP contribution is -2.42. The van der Waals surface area contributed by atoms with E-state index in [4.69, 9.17) is 0 Å². The highest BCUT2D eigenvalue weighted by atomic mass is 16.2. The van der Waals surface area contributed by atoms with Crippen molar-refractivity contribution in [3.8, 4) is 0 Å². The number of aromatic nitrogens is 1. The van der Waals surface area contributed by atoms with Crippen LogP contribution in [0.3, 0.4) is 0 Å². The van der Waals surface area contributed by atoms with Crippen LogP contribution in [0.25, 0.3) is 0 Å². The molecule has 1 fully saturated rings. The number of likely N-dealkylation sites (tertiary alicyclic amines) is 1. The van der Waals surface area contributed by atoms with Crippen LogP contribution >= 0.6 is 0 Å². The molecule has 2 heterocycles. The summed E-state index contributed by atoms with van der Waals surface area (Å²) < 4.78 is 0. The van der Waals surface area contributed by atoms with Gasteiger partial charge >= 0.3 is 0 Å². The van der Waals surface area contributed by atoms with Crippen molar-refractivity contribution in [2.45, 2.75) is 46.1 Å². The summed E-state index contributed by atoms with van der Waals surface area (Å²) >= 11 is 0. The van der Waals surface area contributed by atoms with E-state index in [1.807, 2.05) is 32.0 Å². The van der Waals surface area contributed by atoms with Gasteiger partial charge in [-0.05, 0) is 38.3 Å². The molecule has 2 rings (SSSR count). The Labute approximate surface area is 121 Å². The molecule has 1 aliphatic rings. The lowest BCUT2D eigenvalue weighted by atomic mass is 10.1. The largest absolute Gasteiger partial charge is 0.368 e. The van der Waals surface area contributed by atoms with Gasteiger partial charge in [0.15, 0.2) is 0 Å². The fourth-order valence-corrected chi connectivity index (χ4v) is 2.66. The van der Waals surface area contributed by atoms with Gasteiger partial charge in [0.05, 0.1) is 0 Å². The normalized spacial score (nSPS) is 19.9. The summed E-state index contributed by atoms with van der Waals surface area (Å²) in [6, 6.07) is 6.27. The first-order valence-electron chi connectivity index (χ1n) is 7.59. The monoisotopic (exact) mass is 275 g/mol. The van der Waals surface area contributed by atoms with Crippen molar-refractivity contribution < 1.29 is 4.79 Å². The lowest BCUT2D eigenvalue weighted by Gasteiger charge is -2.27. The summed E-state index contributed by atoms with van der Waals surface area (Å²) in [4.78, 5) is 18.8. The molecule has 1 aliphatic heterocycles. The Hall–Kier alpha value is -1.58. The molecule has 0 radical (unpaired) electrons. The second kappa shape index (κ2) is 6.73. The SMILES string of the molecule is CC[C@H](C)C(=O)N1CCC[C@H]1CNc1cccc(C)n1. The minimum atomic E-state index is 0.132. The number of nitrogens with zero attached hydrogens (tertiary/aromatic N) is 2. The second-order valence-corrected chi connectivity index (χ2v) is 5.68. The highest BCUT2D eigenvalue weighted by Crippen LogP contribution is 2.21. The van der Waals surface area contributed by atoms with Crippen molar-refractivity contribution in [1.29, 1.82) is 0 Å². The van der Waals surface area contributed by atoms with Crippen molar-refractivity contribution in [3.63, 3.8) is 0 Å². The summed E-state index contributed by atoms with van der Waals surface area (Å²) in [5.74, 6) is 1.33. The topological polar surface area (TPSA) is 45.2 Å². The van der Waals surface area contributed by atoms with Gasteiger partial charge < -0.3 is 10.2 Å². The van der Waals surface area contributed by atoms with Crippen molar-refractivity contribution in [3.05, 3.63) is 23.9 Å². The molecule has 0 aliphatic carbocycles. The van der Waals surface area contributed by atoms with E-state index in [1.165, 1.54) is 0 Å². The van der Waals surface area contributed by atoms with Crippen molar-refractivity contribution >= 4 is 11.7 Å². The van der Waals surface area contributed by atoms with Crippen LogP contribution in [0.5, 0.6) is 0 Å². The van der Waals surface area contributed by atoms with Crippen LogP contribution in [-0.4, -0.2) is 34.9 Å². The van der Waals surface area contributed by atoms with Gasteiger partial charge in [-0.15, -0.1) is 0 Å². The van der Waals surface area contributed by atoms with E-state index in [0.717, 1.165) is 43.9 Å². The number of aryl methyl sites for hydroxylation is 1. The van der Waals surface area contributed by atoms with E-state index < -0.39 is 0 Å². The fourth-order valence-electron chi connectivity index (χ4n) is 2.66. The Balaban J connectivity index is 1.93. The standard InChI is InChI=1S/C16H25N3O/c1-4-12(2)16(20)19-10-6-8-14(19)11-17-15-9-5-7-13(3)18-15/h5,7,9,12,14H,4,6,8,10-11H2,1-3H3,(H,17,18)/t12-,14-/m0/s1. The number of carbonyl (C=O) groups is 1. The first-order chi connectivity index (χ1) is 9.61. The zero-order chi connectivity index (χ0) is 14.5. The lowest BCUT2D eigenvalue weighted by molar-refractivity contribution is -0.135. The Morgan fingerprint density at radius 1 is 1.55 bits per heavy atom. The summed E-state index contributed by atoms with van der Waals surface area (Å²) in [5.41, 5.74) is 1.01. The molecule has 1 saturated heterocycles. The molecule has 110 valence electrons. The molecule has 1 amide bonds. The van der Waals surface area contributed by atoms with E-state index in [0.29, 0.717) is 11.9 Å². The van der Waals surface area contributed by atoms with Gasteiger partial charge in [-0.3, -0.25) is 4.79 Å². The van der Waals surface area contributed by atoms with Gasteiger partial charge in [0.25, 0.3) is 0 Å². The van der Waals surface area contributed by atoms with E-state index in [-0.39, 0.29) is 5.92 Å². The number of hydrogen-bond donors (Lipinski definition) is 1. The third kappa shape index (κ3) is 3.50. The van der Waals surface area contributed by atoms with Crippen LogP contribution in [-0.2, 0) is 4.79 Å². The van der Waals surface area contributed by atoms with Crippen LogP contribution in [0.2, 0.25) is 0 Å². The third-order valence-electron chi connectivity index (χ3n) is 4.10. The highest BCUT2D eigenvalue weighted by molar-refractivity contribution is 5.79. The number of pyridine rings is 1.